The SMILES string of the molecule is C=CCN1CCN(C(CCC)c2nnnn2C(C)(C)C)CC1. The van der Waals surface area contributed by atoms with E-state index >= 15 is 0 Å². The molecule has 6 heteroatoms. The summed E-state index contributed by atoms with van der Waals surface area (Å²) in [6.45, 7) is 17.8. The van der Waals surface area contributed by atoms with E-state index < -0.39 is 0 Å². The van der Waals surface area contributed by atoms with E-state index in [0.29, 0.717) is 6.04 Å². The summed E-state index contributed by atoms with van der Waals surface area (Å²) < 4.78 is 1.99. The maximum atomic E-state index is 4.36. The largest absolute Gasteiger partial charge is 0.297 e. The van der Waals surface area contributed by atoms with Gasteiger partial charge in [0.15, 0.2) is 5.82 Å². The van der Waals surface area contributed by atoms with Crippen molar-refractivity contribution in [3.63, 3.8) is 0 Å². The van der Waals surface area contributed by atoms with Crippen molar-refractivity contribution in [1.82, 2.24) is 30.0 Å². The van der Waals surface area contributed by atoms with Gasteiger partial charge in [0.2, 0.25) is 0 Å². The monoisotopic (exact) mass is 306 g/mol. The van der Waals surface area contributed by atoms with Crippen LogP contribution in [0, 0.1) is 0 Å². The minimum absolute atomic E-state index is 0.0878. The fraction of sp³-hybridized carbons (Fsp3) is 0.812. The molecule has 0 aliphatic carbocycles. The highest BCUT2D eigenvalue weighted by atomic mass is 15.6. The molecule has 1 aromatic heterocycles. The lowest BCUT2D eigenvalue weighted by molar-refractivity contribution is 0.0893. The van der Waals surface area contributed by atoms with Crippen LogP contribution in [0.15, 0.2) is 12.7 Å². The number of hydrogen-bond acceptors (Lipinski definition) is 5. The third kappa shape index (κ3) is 3.93. The second kappa shape index (κ2) is 7.33. The smallest absolute Gasteiger partial charge is 0.168 e. The van der Waals surface area contributed by atoms with Crippen LogP contribution in [0.4, 0.5) is 0 Å². The van der Waals surface area contributed by atoms with Crippen LogP contribution in [0.1, 0.15) is 52.4 Å². The Morgan fingerprint density at radius 1 is 1.23 bits per heavy atom. The van der Waals surface area contributed by atoms with Crippen LogP contribution in [-0.2, 0) is 5.54 Å². The summed E-state index contributed by atoms with van der Waals surface area (Å²) in [5, 5.41) is 12.5. The average Bonchev–Trinajstić information content (AvgIpc) is 2.95. The lowest BCUT2D eigenvalue weighted by atomic mass is 10.1. The molecule has 6 nitrogen and oxygen atoms in total. The molecule has 1 fully saturated rings. The molecule has 1 atom stereocenters. The molecule has 1 aliphatic heterocycles. The molecule has 124 valence electrons. The van der Waals surface area contributed by atoms with Crippen LogP contribution in [-0.4, -0.2) is 62.7 Å². The second-order valence-electron chi connectivity index (χ2n) is 7.05. The minimum atomic E-state index is -0.0878. The van der Waals surface area contributed by atoms with E-state index in [-0.39, 0.29) is 5.54 Å². The predicted octanol–water partition coefficient (Wildman–Crippen LogP) is 2.07. The van der Waals surface area contributed by atoms with Gasteiger partial charge in [-0.25, -0.2) is 4.68 Å². The molecule has 1 unspecified atom stereocenters. The summed E-state index contributed by atoms with van der Waals surface area (Å²) in [5.41, 5.74) is -0.0878. The van der Waals surface area contributed by atoms with Gasteiger partial charge in [0.25, 0.3) is 0 Å². The zero-order valence-electron chi connectivity index (χ0n) is 14.5. The standard InChI is InChI=1S/C16H30N6/c1-6-8-14(15-17-18-19-22(15)16(3,4)5)21-12-10-20(9-7-2)11-13-21/h7,14H,2,6,8-13H2,1,3-5H3. The molecule has 0 saturated carbocycles. The zero-order chi connectivity index (χ0) is 16.2. The summed E-state index contributed by atoms with van der Waals surface area (Å²) in [6, 6.07) is 0.310. The van der Waals surface area contributed by atoms with Crippen molar-refractivity contribution >= 4 is 0 Å². The number of hydrogen-bond donors (Lipinski definition) is 0. The Labute approximate surface area is 134 Å². The van der Waals surface area contributed by atoms with Gasteiger partial charge in [-0.1, -0.05) is 19.4 Å². The molecule has 0 radical (unpaired) electrons. The van der Waals surface area contributed by atoms with Gasteiger partial charge in [-0.05, 0) is 37.6 Å². The lowest BCUT2D eigenvalue weighted by Crippen LogP contribution is -2.48. The summed E-state index contributed by atoms with van der Waals surface area (Å²) >= 11 is 0. The van der Waals surface area contributed by atoms with Gasteiger partial charge >= 0.3 is 0 Å². The quantitative estimate of drug-likeness (QED) is 0.753. The van der Waals surface area contributed by atoms with Gasteiger partial charge in [-0.15, -0.1) is 11.7 Å². The van der Waals surface area contributed by atoms with Gasteiger partial charge in [-0.3, -0.25) is 9.80 Å². The number of rotatable bonds is 6. The molecule has 22 heavy (non-hydrogen) atoms. The number of nitrogens with zero attached hydrogens (tertiary/aromatic N) is 6. The van der Waals surface area contributed by atoms with Gasteiger partial charge in [0.1, 0.15) is 0 Å². The Morgan fingerprint density at radius 2 is 1.91 bits per heavy atom. The normalized spacial score (nSPS) is 19.3. The average molecular weight is 306 g/mol. The molecule has 0 amide bonds. The van der Waals surface area contributed by atoms with Crippen molar-refractivity contribution in [3.8, 4) is 0 Å². The maximum Gasteiger partial charge on any atom is 0.168 e. The van der Waals surface area contributed by atoms with Crippen molar-refractivity contribution in [2.24, 2.45) is 0 Å². The Morgan fingerprint density at radius 3 is 2.45 bits per heavy atom. The van der Waals surface area contributed by atoms with Crippen LogP contribution in [0.3, 0.4) is 0 Å². The van der Waals surface area contributed by atoms with Crippen molar-refractivity contribution in [2.45, 2.75) is 52.1 Å². The first-order valence-electron chi connectivity index (χ1n) is 8.33. The molecule has 0 spiro atoms. The molecular formula is C16H30N6. The first-order chi connectivity index (χ1) is 10.5. The van der Waals surface area contributed by atoms with Crippen LogP contribution < -0.4 is 0 Å². The van der Waals surface area contributed by atoms with Gasteiger partial charge in [-0.2, -0.15) is 0 Å². The zero-order valence-corrected chi connectivity index (χ0v) is 14.5. The van der Waals surface area contributed by atoms with E-state index in [1.807, 2.05) is 10.8 Å². The summed E-state index contributed by atoms with van der Waals surface area (Å²) in [5.74, 6) is 1.01. The predicted molar refractivity (Wildman–Crippen MR) is 88.7 cm³/mol. The van der Waals surface area contributed by atoms with Crippen molar-refractivity contribution in [1.29, 1.82) is 0 Å². The Balaban J connectivity index is 2.14. The van der Waals surface area contributed by atoms with Crippen LogP contribution in [0.2, 0.25) is 0 Å². The molecule has 1 aliphatic rings. The number of aromatic nitrogens is 4. The second-order valence-corrected chi connectivity index (χ2v) is 7.05. The summed E-state index contributed by atoms with van der Waals surface area (Å²) in [4.78, 5) is 4.98. The third-order valence-electron chi connectivity index (χ3n) is 4.22. The van der Waals surface area contributed by atoms with E-state index in [2.05, 4.69) is 59.6 Å². The van der Waals surface area contributed by atoms with Gasteiger partial charge in [0.05, 0.1) is 11.6 Å². The van der Waals surface area contributed by atoms with E-state index in [1.54, 1.807) is 0 Å². The molecule has 0 bridgehead atoms. The Bertz CT molecular complexity index is 467. The first-order valence-corrected chi connectivity index (χ1v) is 8.33. The van der Waals surface area contributed by atoms with Gasteiger partial charge in [0, 0.05) is 32.7 Å². The first kappa shape index (κ1) is 17.1. The van der Waals surface area contributed by atoms with Crippen molar-refractivity contribution < 1.29 is 0 Å². The van der Waals surface area contributed by atoms with Crippen LogP contribution in [0.5, 0.6) is 0 Å². The van der Waals surface area contributed by atoms with E-state index in [0.717, 1.165) is 51.4 Å². The van der Waals surface area contributed by atoms with E-state index in [1.165, 1.54) is 0 Å². The minimum Gasteiger partial charge on any atom is -0.297 e. The fourth-order valence-corrected chi connectivity index (χ4v) is 3.07. The third-order valence-corrected chi connectivity index (χ3v) is 4.22. The summed E-state index contributed by atoms with van der Waals surface area (Å²) in [7, 11) is 0. The maximum absolute atomic E-state index is 4.36. The number of piperazine rings is 1. The Kier molecular flexibility index (Phi) is 5.69. The lowest BCUT2D eigenvalue weighted by Gasteiger charge is -2.39. The fourth-order valence-electron chi connectivity index (χ4n) is 3.07. The highest BCUT2D eigenvalue weighted by Crippen LogP contribution is 2.27. The van der Waals surface area contributed by atoms with Crippen LogP contribution >= 0.6 is 0 Å². The van der Waals surface area contributed by atoms with Crippen molar-refractivity contribution in [2.75, 3.05) is 32.7 Å². The van der Waals surface area contributed by atoms with E-state index in [4.69, 9.17) is 0 Å². The molecule has 1 saturated heterocycles. The molecular weight excluding hydrogens is 276 g/mol. The van der Waals surface area contributed by atoms with Crippen LogP contribution in [0.25, 0.3) is 0 Å². The van der Waals surface area contributed by atoms with E-state index in [9.17, 15) is 0 Å². The Hall–Kier alpha value is -1.27. The molecule has 0 aromatic carbocycles. The topological polar surface area (TPSA) is 50.1 Å². The number of tetrazole rings is 1. The molecule has 2 rings (SSSR count). The molecule has 0 N–H and O–H groups in total. The molecule has 1 aromatic rings. The molecule has 2 heterocycles. The summed E-state index contributed by atoms with van der Waals surface area (Å²) in [6.07, 6.45) is 4.21. The highest BCUT2D eigenvalue weighted by Gasteiger charge is 2.31. The van der Waals surface area contributed by atoms with Gasteiger partial charge < -0.3 is 0 Å². The highest BCUT2D eigenvalue weighted by molar-refractivity contribution is 4.98. The van der Waals surface area contributed by atoms with Crippen molar-refractivity contribution in [3.05, 3.63) is 18.5 Å².